The molecule has 3 aliphatic rings. The van der Waals surface area contributed by atoms with Crippen LogP contribution in [0, 0.1) is 18.7 Å². The fraction of sp³-hybridized carbons (Fsp3) is 0.357. The van der Waals surface area contributed by atoms with Crippen LogP contribution in [-0.4, -0.2) is 55.9 Å². The molecule has 1 saturated carbocycles. The Labute approximate surface area is 231 Å². The lowest BCUT2D eigenvalue weighted by Crippen LogP contribution is -2.54. The normalized spacial score (nSPS) is 22.2. The van der Waals surface area contributed by atoms with E-state index in [-0.39, 0.29) is 52.9 Å². The molecule has 0 bridgehead atoms. The van der Waals surface area contributed by atoms with Gasteiger partial charge in [0.2, 0.25) is 11.8 Å². The first-order valence-corrected chi connectivity index (χ1v) is 13.2. The lowest BCUT2D eigenvalue weighted by molar-refractivity contribution is -0.136. The Morgan fingerprint density at radius 1 is 1.05 bits per heavy atom. The van der Waals surface area contributed by atoms with Crippen molar-refractivity contribution in [1.29, 1.82) is 0 Å². The Morgan fingerprint density at radius 2 is 1.80 bits per heavy atom. The van der Waals surface area contributed by atoms with Crippen LogP contribution in [0.4, 0.5) is 18.9 Å². The lowest BCUT2D eigenvalue weighted by Gasteiger charge is -2.35. The van der Waals surface area contributed by atoms with E-state index in [1.54, 1.807) is 12.1 Å². The van der Waals surface area contributed by atoms with E-state index in [1.165, 1.54) is 36.0 Å². The summed E-state index contributed by atoms with van der Waals surface area (Å²) in [6, 6.07) is 6.24. The van der Waals surface area contributed by atoms with E-state index in [0.717, 1.165) is 4.90 Å². The minimum Gasteiger partial charge on any atom is -0.385 e. The highest BCUT2D eigenvalue weighted by molar-refractivity contribution is 6.23. The van der Waals surface area contributed by atoms with Gasteiger partial charge in [-0.15, -0.1) is 0 Å². The van der Waals surface area contributed by atoms with E-state index in [9.17, 15) is 32.3 Å². The van der Waals surface area contributed by atoms with Gasteiger partial charge in [0.15, 0.2) is 0 Å². The summed E-state index contributed by atoms with van der Waals surface area (Å²) < 4.78 is 42.6. The first-order valence-electron chi connectivity index (χ1n) is 13.2. The number of benzene rings is 1. The van der Waals surface area contributed by atoms with Gasteiger partial charge in [0, 0.05) is 30.4 Å². The second-order valence-electron chi connectivity index (χ2n) is 10.6. The van der Waals surface area contributed by atoms with Crippen molar-refractivity contribution in [2.24, 2.45) is 5.92 Å². The van der Waals surface area contributed by atoms with Crippen LogP contribution in [0.5, 0.6) is 0 Å². The Morgan fingerprint density at radius 3 is 2.51 bits per heavy atom. The van der Waals surface area contributed by atoms with E-state index < -0.39 is 47.6 Å². The molecule has 0 spiro atoms. The Hall–Kier alpha value is -4.55. The number of hydrogen-bond acceptors (Lipinski definition) is 7. The first kappa shape index (κ1) is 26.7. The number of imide groups is 2. The third kappa shape index (κ3) is 4.74. The van der Waals surface area contributed by atoms with Crippen LogP contribution in [-0.2, 0) is 9.59 Å². The highest BCUT2D eigenvalue weighted by atomic mass is 19.3. The highest BCUT2D eigenvalue weighted by Crippen LogP contribution is 2.40. The fourth-order valence-electron chi connectivity index (χ4n) is 5.57. The summed E-state index contributed by atoms with van der Waals surface area (Å²) in [6.45, 7) is 2.01. The minimum absolute atomic E-state index is 0.0467. The van der Waals surface area contributed by atoms with Gasteiger partial charge in [0.25, 0.3) is 18.2 Å². The molecule has 2 aromatic heterocycles. The van der Waals surface area contributed by atoms with Crippen LogP contribution in [0.3, 0.4) is 0 Å². The number of anilines is 1. The summed E-state index contributed by atoms with van der Waals surface area (Å²) in [6.07, 6.45) is 0.214. The molecule has 0 radical (unpaired) electrons. The zero-order valence-corrected chi connectivity index (χ0v) is 21.9. The van der Waals surface area contributed by atoms with E-state index in [1.807, 2.05) is 0 Å². The quantitative estimate of drug-likeness (QED) is 0.417. The monoisotopic (exact) mass is 566 g/mol. The smallest absolute Gasteiger partial charge is 0.282 e. The van der Waals surface area contributed by atoms with E-state index >= 15 is 0 Å². The van der Waals surface area contributed by atoms with Crippen molar-refractivity contribution in [1.82, 2.24) is 25.0 Å². The average Bonchev–Trinajstić information content (AvgIpc) is 3.45. The molecule has 3 aromatic rings. The molecule has 2 N–H and O–H groups in total. The molecule has 1 aromatic carbocycles. The largest absolute Gasteiger partial charge is 0.385 e. The van der Waals surface area contributed by atoms with E-state index in [4.69, 9.17) is 0 Å². The molecule has 1 atom stereocenters. The number of piperidine rings is 1. The number of nitrogens with one attached hydrogen (secondary N) is 2. The van der Waals surface area contributed by atoms with Crippen molar-refractivity contribution in [2.45, 2.75) is 51.1 Å². The Balaban J connectivity index is 1.09. The lowest BCUT2D eigenvalue weighted by atomic mass is 9.80. The van der Waals surface area contributed by atoms with Gasteiger partial charge in [-0.2, -0.15) is 5.10 Å². The minimum atomic E-state index is -2.81. The van der Waals surface area contributed by atoms with Crippen molar-refractivity contribution < 1.29 is 32.3 Å². The van der Waals surface area contributed by atoms with Crippen LogP contribution < -0.4 is 10.6 Å². The summed E-state index contributed by atoms with van der Waals surface area (Å²) in [5.41, 5.74) is 1.14. The molecular formula is C28H25F3N6O4. The molecule has 41 heavy (non-hydrogen) atoms. The molecular weight excluding hydrogens is 541 g/mol. The molecule has 4 heterocycles. The molecule has 1 unspecified atom stereocenters. The Kier molecular flexibility index (Phi) is 6.59. The van der Waals surface area contributed by atoms with Gasteiger partial charge in [-0.1, -0.05) is 0 Å². The number of carbonyl (C=O) groups is 4. The maximum absolute atomic E-state index is 13.7. The topological polar surface area (TPSA) is 126 Å². The van der Waals surface area contributed by atoms with Crippen LogP contribution in [0.1, 0.15) is 70.3 Å². The third-order valence-corrected chi connectivity index (χ3v) is 7.88. The number of aryl methyl sites for hydroxylation is 1. The fourth-order valence-corrected chi connectivity index (χ4v) is 5.57. The highest BCUT2D eigenvalue weighted by Gasteiger charge is 2.44. The molecule has 212 valence electrons. The van der Waals surface area contributed by atoms with Crippen molar-refractivity contribution >= 4 is 29.3 Å². The molecule has 4 amide bonds. The molecule has 10 nitrogen and oxygen atoms in total. The van der Waals surface area contributed by atoms with Crippen LogP contribution >= 0.6 is 0 Å². The van der Waals surface area contributed by atoms with Gasteiger partial charge in [-0.05, 0) is 62.4 Å². The number of carbonyl (C=O) groups excluding carboxylic acids is 4. The number of fused-ring (bicyclic) bond motifs is 1. The van der Waals surface area contributed by atoms with Crippen LogP contribution in [0.15, 0.2) is 36.5 Å². The second-order valence-corrected chi connectivity index (χ2v) is 10.6. The van der Waals surface area contributed by atoms with Gasteiger partial charge in [0.1, 0.15) is 17.6 Å². The van der Waals surface area contributed by atoms with Gasteiger partial charge in [-0.25, -0.2) is 18.2 Å². The number of halogens is 3. The first-order chi connectivity index (χ1) is 19.6. The van der Waals surface area contributed by atoms with E-state index in [0.29, 0.717) is 25.1 Å². The van der Waals surface area contributed by atoms with Crippen molar-refractivity contribution in [3.8, 4) is 11.3 Å². The van der Waals surface area contributed by atoms with Crippen LogP contribution in [0.25, 0.3) is 11.3 Å². The molecule has 1 aliphatic carbocycles. The second kappa shape index (κ2) is 10.1. The number of amides is 4. The zero-order valence-electron chi connectivity index (χ0n) is 21.9. The van der Waals surface area contributed by atoms with E-state index in [2.05, 4.69) is 20.7 Å². The molecule has 6 rings (SSSR count). The maximum Gasteiger partial charge on any atom is 0.282 e. The summed E-state index contributed by atoms with van der Waals surface area (Å²) in [7, 11) is 0. The maximum atomic E-state index is 13.7. The number of aromatic nitrogens is 3. The van der Waals surface area contributed by atoms with Gasteiger partial charge >= 0.3 is 0 Å². The number of alkyl halides is 2. The molecule has 13 heteroatoms. The van der Waals surface area contributed by atoms with Gasteiger partial charge < -0.3 is 5.32 Å². The molecule has 2 fully saturated rings. The SMILES string of the molecule is Cc1nc(-c2cn(C3CC(CNc4ccc5c(c4)C(=O)N(C4CCC(=O)NC4=O)C5=O)C3)nc2C(F)F)ccc1F. The van der Waals surface area contributed by atoms with Gasteiger partial charge in [0.05, 0.1) is 28.6 Å². The van der Waals surface area contributed by atoms with Crippen molar-refractivity contribution in [3.63, 3.8) is 0 Å². The average molecular weight is 567 g/mol. The predicted octanol–water partition coefficient (Wildman–Crippen LogP) is 3.79. The summed E-state index contributed by atoms with van der Waals surface area (Å²) in [5.74, 6) is -2.56. The summed E-state index contributed by atoms with van der Waals surface area (Å²) in [5, 5.41) is 9.55. The number of hydrogen-bond donors (Lipinski definition) is 2. The van der Waals surface area contributed by atoms with Crippen molar-refractivity contribution in [3.05, 3.63) is 64.9 Å². The molecule has 1 saturated heterocycles. The van der Waals surface area contributed by atoms with Gasteiger partial charge in [-0.3, -0.25) is 34.1 Å². The summed E-state index contributed by atoms with van der Waals surface area (Å²) in [4.78, 5) is 54.6. The number of rotatable bonds is 7. The zero-order chi connectivity index (χ0) is 29.0. The Bertz CT molecular complexity index is 1600. The standard InChI is InChI=1S/C28H25F3N6O4/c1-13-20(29)4-5-21(33-13)19-12-36(35-24(19)25(30)31)16-8-14(9-16)11-32-15-2-3-17-18(10-15)28(41)37(27(17)40)22-6-7-23(38)34-26(22)39/h2-5,10,12,14,16,22,25,32H,6-9,11H2,1H3,(H,34,38,39). The van der Waals surface area contributed by atoms with Crippen molar-refractivity contribution in [2.75, 3.05) is 11.9 Å². The molecule has 2 aliphatic heterocycles. The number of nitrogens with zero attached hydrogens (tertiary/aromatic N) is 4. The number of pyridine rings is 1. The predicted molar refractivity (Wildman–Crippen MR) is 138 cm³/mol. The van der Waals surface area contributed by atoms with Crippen LogP contribution in [0.2, 0.25) is 0 Å². The summed E-state index contributed by atoms with van der Waals surface area (Å²) >= 11 is 0. The third-order valence-electron chi connectivity index (χ3n) is 7.88.